The van der Waals surface area contributed by atoms with Gasteiger partial charge in [-0.05, 0) is 30.7 Å². The highest BCUT2D eigenvalue weighted by molar-refractivity contribution is 5.33. The third-order valence-corrected chi connectivity index (χ3v) is 2.78. The van der Waals surface area contributed by atoms with Crippen LogP contribution in [0.1, 0.15) is 12.5 Å². The molecular weight excluding hydrogens is 226 g/mol. The number of rotatable bonds is 6. The molecule has 4 heteroatoms. The molecule has 1 heterocycles. The molecular formula is C14H19N3O. The maximum atomic E-state index is 5.09. The lowest BCUT2D eigenvalue weighted by Crippen LogP contribution is -2.29. The second-order valence-electron chi connectivity index (χ2n) is 4.35. The Morgan fingerprint density at radius 2 is 2.11 bits per heavy atom. The van der Waals surface area contributed by atoms with Crippen molar-refractivity contribution in [1.29, 1.82) is 0 Å². The van der Waals surface area contributed by atoms with Crippen molar-refractivity contribution in [3.8, 4) is 5.69 Å². The van der Waals surface area contributed by atoms with Gasteiger partial charge in [0.1, 0.15) is 0 Å². The highest BCUT2D eigenvalue weighted by Gasteiger charge is 2.01. The molecule has 2 rings (SSSR count). The van der Waals surface area contributed by atoms with E-state index in [0.29, 0.717) is 6.04 Å². The molecule has 0 saturated carbocycles. The molecule has 0 bridgehead atoms. The van der Waals surface area contributed by atoms with Crippen LogP contribution in [0.2, 0.25) is 0 Å². The molecule has 0 aliphatic heterocycles. The average molecular weight is 245 g/mol. The Labute approximate surface area is 108 Å². The predicted octanol–water partition coefficient (Wildman–Crippen LogP) is 2.00. The maximum absolute atomic E-state index is 5.09. The lowest BCUT2D eigenvalue weighted by atomic mass is 10.2. The van der Waals surface area contributed by atoms with Gasteiger partial charge in [0, 0.05) is 32.1 Å². The zero-order chi connectivity index (χ0) is 12.8. The molecule has 1 unspecified atom stereocenters. The first-order valence-corrected chi connectivity index (χ1v) is 6.11. The van der Waals surface area contributed by atoms with Crippen molar-refractivity contribution in [3.63, 3.8) is 0 Å². The van der Waals surface area contributed by atoms with E-state index in [2.05, 4.69) is 41.6 Å². The molecule has 0 aliphatic rings. The fourth-order valence-electron chi connectivity index (χ4n) is 1.79. The molecule has 96 valence electrons. The number of nitrogens with zero attached hydrogens (tertiary/aromatic N) is 2. The van der Waals surface area contributed by atoms with Gasteiger partial charge in [0.15, 0.2) is 0 Å². The summed E-state index contributed by atoms with van der Waals surface area (Å²) in [7, 11) is 1.72. The van der Waals surface area contributed by atoms with Crippen LogP contribution in [0.3, 0.4) is 0 Å². The second-order valence-corrected chi connectivity index (χ2v) is 4.35. The molecule has 0 saturated heterocycles. The molecule has 0 aliphatic carbocycles. The Balaban J connectivity index is 1.92. The fourth-order valence-corrected chi connectivity index (χ4v) is 1.79. The third kappa shape index (κ3) is 3.42. The molecule has 1 aromatic heterocycles. The van der Waals surface area contributed by atoms with Crippen LogP contribution in [0.4, 0.5) is 0 Å². The average Bonchev–Trinajstić information content (AvgIpc) is 2.91. The minimum Gasteiger partial charge on any atom is -0.383 e. The van der Waals surface area contributed by atoms with E-state index >= 15 is 0 Å². The fraction of sp³-hybridized carbons (Fsp3) is 0.357. The Morgan fingerprint density at radius 3 is 2.72 bits per heavy atom. The van der Waals surface area contributed by atoms with Crippen molar-refractivity contribution in [2.45, 2.75) is 19.5 Å². The van der Waals surface area contributed by atoms with Gasteiger partial charge < -0.3 is 10.1 Å². The standard InChI is InChI=1S/C14H19N3O/c1-12(11-18-2)15-10-13-4-6-14(7-5-13)17-9-3-8-16-17/h3-9,12,15H,10-11H2,1-2H3. The SMILES string of the molecule is COCC(C)NCc1ccc(-n2cccn2)cc1. The second kappa shape index (κ2) is 6.33. The van der Waals surface area contributed by atoms with Crippen molar-refractivity contribution in [2.75, 3.05) is 13.7 Å². The molecule has 0 amide bonds. The van der Waals surface area contributed by atoms with Gasteiger partial charge in [0.05, 0.1) is 12.3 Å². The largest absolute Gasteiger partial charge is 0.383 e. The number of aromatic nitrogens is 2. The van der Waals surface area contributed by atoms with E-state index in [1.807, 2.05) is 16.9 Å². The zero-order valence-corrected chi connectivity index (χ0v) is 10.8. The van der Waals surface area contributed by atoms with Crippen molar-refractivity contribution in [1.82, 2.24) is 15.1 Å². The summed E-state index contributed by atoms with van der Waals surface area (Å²) < 4.78 is 6.94. The van der Waals surface area contributed by atoms with E-state index in [9.17, 15) is 0 Å². The summed E-state index contributed by atoms with van der Waals surface area (Å²) in [5.74, 6) is 0. The van der Waals surface area contributed by atoms with Crippen LogP contribution in [-0.2, 0) is 11.3 Å². The van der Waals surface area contributed by atoms with Gasteiger partial charge >= 0.3 is 0 Å². The number of hydrogen-bond acceptors (Lipinski definition) is 3. The van der Waals surface area contributed by atoms with E-state index in [0.717, 1.165) is 18.8 Å². The summed E-state index contributed by atoms with van der Waals surface area (Å²) in [4.78, 5) is 0. The van der Waals surface area contributed by atoms with Gasteiger partial charge in [-0.1, -0.05) is 12.1 Å². The first kappa shape index (κ1) is 12.8. The minimum atomic E-state index is 0.362. The first-order chi connectivity index (χ1) is 8.79. The van der Waals surface area contributed by atoms with Crippen LogP contribution >= 0.6 is 0 Å². The molecule has 1 N–H and O–H groups in total. The molecule has 0 fully saturated rings. The molecule has 1 aromatic carbocycles. The molecule has 1 atom stereocenters. The predicted molar refractivity (Wildman–Crippen MR) is 71.7 cm³/mol. The van der Waals surface area contributed by atoms with Gasteiger partial charge in [-0.3, -0.25) is 0 Å². The van der Waals surface area contributed by atoms with Gasteiger partial charge in [-0.15, -0.1) is 0 Å². The molecule has 0 spiro atoms. The summed E-state index contributed by atoms with van der Waals surface area (Å²) in [6, 6.07) is 10.7. The Kier molecular flexibility index (Phi) is 4.50. The minimum absolute atomic E-state index is 0.362. The van der Waals surface area contributed by atoms with E-state index in [1.54, 1.807) is 13.3 Å². The number of nitrogens with one attached hydrogen (secondary N) is 1. The Morgan fingerprint density at radius 1 is 1.33 bits per heavy atom. The third-order valence-electron chi connectivity index (χ3n) is 2.78. The topological polar surface area (TPSA) is 39.1 Å². The van der Waals surface area contributed by atoms with Crippen molar-refractivity contribution < 1.29 is 4.74 Å². The Hall–Kier alpha value is -1.65. The van der Waals surface area contributed by atoms with Gasteiger partial charge in [0.25, 0.3) is 0 Å². The van der Waals surface area contributed by atoms with Crippen LogP contribution in [-0.4, -0.2) is 29.5 Å². The Bertz CT molecular complexity index is 450. The van der Waals surface area contributed by atoms with Crippen LogP contribution in [0.15, 0.2) is 42.7 Å². The van der Waals surface area contributed by atoms with Crippen molar-refractivity contribution >= 4 is 0 Å². The lowest BCUT2D eigenvalue weighted by molar-refractivity contribution is 0.171. The molecule has 18 heavy (non-hydrogen) atoms. The lowest BCUT2D eigenvalue weighted by Gasteiger charge is -2.12. The van der Waals surface area contributed by atoms with Crippen molar-refractivity contribution in [3.05, 3.63) is 48.3 Å². The summed E-state index contributed by atoms with van der Waals surface area (Å²) in [6.45, 7) is 3.69. The van der Waals surface area contributed by atoms with E-state index < -0.39 is 0 Å². The van der Waals surface area contributed by atoms with E-state index in [1.165, 1.54) is 5.56 Å². The summed E-state index contributed by atoms with van der Waals surface area (Å²) in [6.07, 6.45) is 3.72. The van der Waals surface area contributed by atoms with Crippen LogP contribution in [0, 0.1) is 0 Å². The number of hydrogen-bond donors (Lipinski definition) is 1. The highest BCUT2D eigenvalue weighted by Crippen LogP contribution is 2.08. The smallest absolute Gasteiger partial charge is 0.0645 e. The maximum Gasteiger partial charge on any atom is 0.0645 e. The van der Waals surface area contributed by atoms with Gasteiger partial charge in [0.2, 0.25) is 0 Å². The highest BCUT2D eigenvalue weighted by atomic mass is 16.5. The zero-order valence-electron chi connectivity index (χ0n) is 10.8. The molecule has 2 aromatic rings. The van der Waals surface area contributed by atoms with Gasteiger partial charge in [-0.2, -0.15) is 5.10 Å². The molecule has 4 nitrogen and oxygen atoms in total. The number of benzene rings is 1. The van der Waals surface area contributed by atoms with Crippen LogP contribution < -0.4 is 5.32 Å². The van der Waals surface area contributed by atoms with Crippen LogP contribution in [0.5, 0.6) is 0 Å². The summed E-state index contributed by atoms with van der Waals surface area (Å²) >= 11 is 0. The first-order valence-electron chi connectivity index (χ1n) is 6.11. The summed E-state index contributed by atoms with van der Waals surface area (Å²) in [5.41, 5.74) is 2.34. The normalized spacial score (nSPS) is 12.6. The van der Waals surface area contributed by atoms with Gasteiger partial charge in [-0.25, -0.2) is 4.68 Å². The number of ether oxygens (including phenoxy) is 1. The quantitative estimate of drug-likeness (QED) is 0.846. The van der Waals surface area contributed by atoms with E-state index in [4.69, 9.17) is 4.74 Å². The van der Waals surface area contributed by atoms with Crippen LogP contribution in [0.25, 0.3) is 5.69 Å². The number of methoxy groups -OCH3 is 1. The monoisotopic (exact) mass is 245 g/mol. The molecule has 0 radical (unpaired) electrons. The van der Waals surface area contributed by atoms with Crippen molar-refractivity contribution in [2.24, 2.45) is 0 Å². The van der Waals surface area contributed by atoms with E-state index in [-0.39, 0.29) is 0 Å². The summed E-state index contributed by atoms with van der Waals surface area (Å²) in [5, 5.41) is 7.61.